The highest BCUT2D eigenvalue weighted by Crippen LogP contribution is 2.58. The number of nitrogens with zero attached hydrogens (tertiary/aromatic N) is 4. The fourth-order valence-corrected chi connectivity index (χ4v) is 13.3. The van der Waals surface area contributed by atoms with Gasteiger partial charge < -0.3 is 35.4 Å². The normalized spacial score (nSPS) is 24.2. The number of fused-ring (bicyclic) bond motifs is 2. The first kappa shape index (κ1) is 52.5. The molecule has 398 valence electrons. The van der Waals surface area contributed by atoms with E-state index in [2.05, 4.69) is 45.6 Å². The van der Waals surface area contributed by atoms with Crippen LogP contribution in [0, 0.1) is 23.0 Å². The van der Waals surface area contributed by atoms with Crippen molar-refractivity contribution in [3.05, 3.63) is 111 Å². The molecular weight excluding hydrogens is 980 g/mol. The number of primary amides is 1. The number of amides is 4. The maximum atomic E-state index is 16.5. The van der Waals surface area contributed by atoms with E-state index < -0.39 is 35.0 Å². The molecule has 1 unspecified atom stereocenters. The zero-order valence-electron chi connectivity index (χ0n) is 43.1. The maximum Gasteiger partial charge on any atom is 0.249 e. The average molecular weight is 1050 g/mol. The summed E-state index contributed by atoms with van der Waals surface area (Å²) in [6.07, 6.45) is 8.63. The van der Waals surface area contributed by atoms with E-state index in [9.17, 15) is 24.3 Å². The molecule has 75 heavy (non-hydrogen) atoms. The van der Waals surface area contributed by atoms with Crippen LogP contribution in [0.1, 0.15) is 135 Å². The first-order valence-electron chi connectivity index (χ1n) is 26.8. The molecule has 4 aromatic carbocycles. The number of halogens is 3. The molecule has 4 amide bonds. The zero-order chi connectivity index (χ0) is 52.8. The molecule has 5 aromatic rings. The predicted octanol–water partition coefficient (Wildman–Crippen LogP) is 8.60. The molecule has 4 fully saturated rings. The predicted molar refractivity (Wildman–Crippen MR) is 282 cm³/mol. The maximum absolute atomic E-state index is 16.5. The summed E-state index contributed by atoms with van der Waals surface area (Å²) < 4.78 is 46.5. The van der Waals surface area contributed by atoms with Crippen LogP contribution in [-0.4, -0.2) is 107 Å². The zero-order valence-corrected chi connectivity index (χ0v) is 43.8. The monoisotopic (exact) mass is 1050 g/mol. The van der Waals surface area contributed by atoms with Crippen LogP contribution in [0.5, 0.6) is 11.5 Å². The van der Waals surface area contributed by atoms with E-state index in [0.29, 0.717) is 37.3 Å². The van der Waals surface area contributed by atoms with Gasteiger partial charge in [0.25, 0.3) is 0 Å². The van der Waals surface area contributed by atoms with Crippen LogP contribution in [0.2, 0.25) is 5.02 Å². The Morgan fingerprint density at radius 1 is 0.960 bits per heavy atom. The molecule has 5 N–H and O–H groups in total. The quantitative estimate of drug-likeness (QED) is 0.0742. The number of likely N-dealkylation sites (tertiary alicyclic amines) is 2. The van der Waals surface area contributed by atoms with E-state index >= 15 is 8.78 Å². The Morgan fingerprint density at radius 2 is 1.69 bits per heavy atom. The minimum Gasteiger partial charge on any atom is -0.488 e. The van der Waals surface area contributed by atoms with Crippen molar-refractivity contribution < 1.29 is 42.5 Å². The molecule has 1 saturated carbocycles. The van der Waals surface area contributed by atoms with Gasteiger partial charge in [0, 0.05) is 85.5 Å². The van der Waals surface area contributed by atoms with Crippen molar-refractivity contribution in [2.24, 2.45) is 24.1 Å². The molecule has 5 aliphatic rings. The summed E-state index contributed by atoms with van der Waals surface area (Å²) in [6.45, 7) is 8.87. The second-order valence-electron chi connectivity index (χ2n) is 22.0. The van der Waals surface area contributed by atoms with Crippen molar-refractivity contribution in [1.82, 2.24) is 30.2 Å². The molecule has 3 saturated heterocycles. The molecule has 0 bridgehead atoms. The number of carbonyl (C=O) groups is 4. The smallest absolute Gasteiger partial charge is 0.249 e. The van der Waals surface area contributed by atoms with Crippen molar-refractivity contribution in [2.45, 2.75) is 114 Å². The highest BCUT2D eigenvalue weighted by Gasteiger charge is 2.50. The van der Waals surface area contributed by atoms with E-state index in [1.807, 2.05) is 49.0 Å². The number of hydrogen-bond acceptors (Lipinski definition) is 10. The Balaban J connectivity index is 0.722. The standard InChI is InChI=1S/C58H68ClF2N7O7/c1-34-48-46(32-43(60)51(59)50(48)49-41(54(62)71)15-17-45(52(49)61)74-30-29-69)75-58(34,38-7-5-4-6-8-38)21-24-63-39-12-9-36(10-13-39)56(73)68-27-22-57(2,23-28-68)33-67-25-19-35(20-26-67)37-11-14-40-44(31-37)66(3)65-53(40)42-16-18-47(70)64-55(42)72/h4-8,11,14-15,17,31-32,34-36,39,42,63,69H,9-10,12-13,16,18-30,33H2,1-3H3,(H2,62,71)(H,64,70,72)/t34-,36?,39?,42?,58-/m0/s1. The van der Waals surface area contributed by atoms with E-state index in [1.165, 1.54) is 23.8 Å². The van der Waals surface area contributed by atoms with E-state index in [-0.39, 0.29) is 81.5 Å². The second kappa shape index (κ2) is 21.6. The molecule has 4 aliphatic heterocycles. The molecular formula is C58H68ClF2N7O7. The molecule has 5 heterocycles. The van der Waals surface area contributed by atoms with Gasteiger partial charge in [-0.15, -0.1) is 0 Å². The van der Waals surface area contributed by atoms with Crippen LogP contribution in [0.25, 0.3) is 22.0 Å². The van der Waals surface area contributed by atoms with Gasteiger partial charge in [0.05, 0.1) is 34.3 Å². The lowest BCUT2D eigenvalue weighted by Gasteiger charge is -2.44. The molecule has 17 heteroatoms. The van der Waals surface area contributed by atoms with Crippen molar-refractivity contribution in [3.63, 3.8) is 0 Å². The van der Waals surface area contributed by atoms with Gasteiger partial charge in [0.1, 0.15) is 23.8 Å². The average Bonchev–Trinajstić information content (AvgIpc) is 3.95. The molecule has 1 aromatic heterocycles. The van der Waals surface area contributed by atoms with Crippen molar-refractivity contribution in [3.8, 4) is 22.6 Å². The van der Waals surface area contributed by atoms with Crippen molar-refractivity contribution in [1.29, 1.82) is 0 Å². The first-order valence-corrected chi connectivity index (χ1v) is 27.1. The lowest BCUT2D eigenvalue weighted by molar-refractivity contribution is -0.139. The molecule has 14 nitrogen and oxygen atoms in total. The highest BCUT2D eigenvalue weighted by molar-refractivity contribution is 6.34. The first-order chi connectivity index (χ1) is 36.1. The number of imide groups is 1. The Morgan fingerprint density at radius 3 is 2.39 bits per heavy atom. The number of carbonyl (C=O) groups excluding carboxylic acids is 4. The number of rotatable bonds is 15. The molecule has 10 rings (SSSR count). The van der Waals surface area contributed by atoms with Crippen molar-refractivity contribution >= 4 is 46.1 Å². The molecule has 0 radical (unpaired) electrons. The van der Waals surface area contributed by atoms with Crippen LogP contribution in [0.4, 0.5) is 8.78 Å². The third kappa shape index (κ3) is 10.3. The Kier molecular flexibility index (Phi) is 15.1. The summed E-state index contributed by atoms with van der Waals surface area (Å²) in [5, 5.41) is 20.9. The van der Waals surface area contributed by atoms with Crippen LogP contribution in [0.15, 0.2) is 66.7 Å². The number of piperidine rings is 3. The summed E-state index contributed by atoms with van der Waals surface area (Å²) >= 11 is 6.73. The number of aromatic nitrogens is 2. The van der Waals surface area contributed by atoms with Gasteiger partial charge in [-0.25, -0.2) is 8.78 Å². The van der Waals surface area contributed by atoms with Crippen molar-refractivity contribution in [2.75, 3.05) is 52.5 Å². The highest BCUT2D eigenvalue weighted by atomic mass is 35.5. The topological polar surface area (TPSA) is 181 Å². The number of aryl methyl sites for hydroxylation is 1. The summed E-state index contributed by atoms with van der Waals surface area (Å²) in [5.41, 5.74) is 8.66. The fraction of sp³-hybridized carbons (Fsp3) is 0.500. The number of aliphatic hydroxyl groups is 1. The number of aliphatic hydroxyl groups excluding tert-OH is 1. The summed E-state index contributed by atoms with van der Waals surface area (Å²) in [7, 11) is 1.92. The minimum absolute atomic E-state index is 0.0133. The van der Waals surface area contributed by atoms with E-state index in [4.69, 9.17) is 31.9 Å². The summed E-state index contributed by atoms with van der Waals surface area (Å²) in [5.74, 6) is -3.54. The molecule has 1 aliphatic carbocycles. The van der Waals surface area contributed by atoms with Gasteiger partial charge in [-0.3, -0.25) is 29.2 Å². The third-order valence-corrected chi connectivity index (χ3v) is 17.7. The van der Waals surface area contributed by atoms with Crippen LogP contribution in [0.3, 0.4) is 0 Å². The van der Waals surface area contributed by atoms with Gasteiger partial charge in [-0.1, -0.05) is 67.9 Å². The number of ether oxygens (including phenoxy) is 2. The Bertz CT molecular complexity index is 2980. The van der Waals surface area contributed by atoms with Crippen LogP contribution < -0.4 is 25.8 Å². The third-order valence-electron chi connectivity index (χ3n) is 17.3. The lowest BCUT2D eigenvalue weighted by atomic mass is 9.75. The number of hydrogen-bond donors (Lipinski definition) is 4. The van der Waals surface area contributed by atoms with Gasteiger partial charge in [0.2, 0.25) is 23.6 Å². The minimum atomic E-state index is -1.03. The largest absolute Gasteiger partial charge is 0.488 e. The lowest BCUT2D eigenvalue weighted by Crippen LogP contribution is -2.49. The Hall–Kier alpha value is -5.94. The number of benzene rings is 4. The van der Waals surface area contributed by atoms with Crippen LogP contribution in [-0.2, 0) is 27.0 Å². The fourth-order valence-electron chi connectivity index (χ4n) is 13.0. The van der Waals surface area contributed by atoms with Gasteiger partial charge in [-0.2, -0.15) is 5.10 Å². The second-order valence-corrected chi connectivity index (χ2v) is 22.4. The summed E-state index contributed by atoms with van der Waals surface area (Å²) in [6, 6.07) is 20.1. The number of nitrogens with one attached hydrogen (secondary N) is 2. The Labute approximate surface area is 441 Å². The SMILES string of the molecule is C[C@H]1c2c(cc(F)c(Cl)c2-c2c(C(N)=O)ccc(OCCO)c2F)O[C@]1(CCNC1CCC(C(=O)N2CCC(C)(CN3CCC(c4ccc5c(C6CCC(=O)NC6=O)nn(C)c5c4)CC3)CC2)CC1)c1ccccc1. The number of nitrogens with two attached hydrogens (primary N) is 1. The van der Waals surface area contributed by atoms with Gasteiger partial charge in [0.15, 0.2) is 11.6 Å². The van der Waals surface area contributed by atoms with Gasteiger partial charge >= 0.3 is 0 Å². The van der Waals surface area contributed by atoms with E-state index in [0.717, 1.165) is 106 Å². The molecule has 3 atom stereocenters. The summed E-state index contributed by atoms with van der Waals surface area (Å²) in [4.78, 5) is 56.0. The molecule has 0 spiro atoms. The van der Waals surface area contributed by atoms with Gasteiger partial charge in [-0.05, 0) is 118 Å². The van der Waals surface area contributed by atoms with E-state index in [1.54, 1.807) is 0 Å². The van der Waals surface area contributed by atoms with Crippen LogP contribution >= 0.6 is 11.6 Å².